The molecule has 0 aromatic carbocycles. The highest BCUT2D eigenvalue weighted by Gasteiger charge is 2.19. The van der Waals surface area contributed by atoms with E-state index in [-0.39, 0.29) is 0 Å². The van der Waals surface area contributed by atoms with E-state index >= 15 is 0 Å². The maximum Gasteiger partial charge on any atom is 0.00697 e. The molecule has 0 bridgehead atoms. The van der Waals surface area contributed by atoms with Gasteiger partial charge in [-0.2, -0.15) is 0 Å². The molecule has 94 valence electrons. The molecule has 2 aliphatic carbocycles. The van der Waals surface area contributed by atoms with Crippen molar-refractivity contribution in [2.45, 2.75) is 89.6 Å². The molecule has 1 nitrogen and oxygen atoms in total. The fraction of sp³-hybridized carbons (Fsp3) is 1.00. The first-order chi connectivity index (χ1) is 7.84. The first-order valence-electron chi connectivity index (χ1n) is 7.60. The lowest BCUT2D eigenvalue weighted by Gasteiger charge is -2.24. The molecule has 16 heavy (non-hydrogen) atoms. The lowest BCUT2D eigenvalue weighted by Crippen LogP contribution is -2.37. The normalized spacial score (nSPS) is 34.3. The van der Waals surface area contributed by atoms with Crippen LogP contribution in [0.25, 0.3) is 0 Å². The van der Waals surface area contributed by atoms with E-state index in [4.69, 9.17) is 0 Å². The molecule has 0 spiro atoms. The van der Waals surface area contributed by atoms with Crippen LogP contribution in [0.3, 0.4) is 0 Å². The zero-order valence-electron chi connectivity index (χ0n) is 11.0. The topological polar surface area (TPSA) is 12.0 Å². The molecule has 0 aromatic rings. The first-order valence-corrected chi connectivity index (χ1v) is 7.60. The molecule has 2 aliphatic rings. The van der Waals surface area contributed by atoms with Gasteiger partial charge in [-0.1, -0.05) is 45.4 Å². The van der Waals surface area contributed by atoms with Gasteiger partial charge in [0.2, 0.25) is 0 Å². The van der Waals surface area contributed by atoms with Crippen LogP contribution in [0, 0.1) is 5.92 Å². The van der Waals surface area contributed by atoms with E-state index in [2.05, 4.69) is 12.2 Å². The van der Waals surface area contributed by atoms with Crippen molar-refractivity contribution in [2.24, 2.45) is 5.92 Å². The highest BCUT2D eigenvalue weighted by molar-refractivity contribution is 4.79. The summed E-state index contributed by atoms with van der Waals surface area (Å²) < 4.78 is 0. The second kappa shape index (κ2) is 6.64. The largest absolute Gasteiger partial charge is 0.311 e. The van der Waals surface area contributed by atoms with Crippen molar-refractivity contribution >= 4 is 0 Å². The van der Waals surface area contributed by atoms with Crippen LogP contribution in [0.2, 0.25) is 0 Å². The van der Waals surface area contributed by atoms with Crippen LogP contribution < -0.4 is 5.32 Å². The Balaban J connectivity index is 1.74. The van der Waals surface area contributed by atoms with Crippen LogP contribution in [0.5, 0.6) is 0 Å². The Morgan fingerprint density at radius 3 is 2.00 bits per heavy atom. The molecule has 2 fully saturated rings. The van der Waals surface area contributed by atoms with Gasteiger partial charge < -0.3 is 5.32 Å². The van der Waals surface area contributed by atoms with Gasteiger partial charge in [0.25, 0.3) is 0 Å². The number of nitrogens with one attached hydrogen (secondary N) is 1. The molecule has 2 atom stereocenters. The van der Waals surface area contributed by atoms with Gasteiger partial charge in [0.1, 0.15) is 0 Å². The van der Waals surface area contributed by atoms with Gasteiger partial charge >= 0.3 is 0 Å². The van der Waals surface area contributed by atoms with E-state index in [1.165, 1.54) is 70.6 Å². The summed E-state index contributed by atoms with van der Waals surface area (Å²) in [4.78, 5) is 0. The molecular weight excluding hydrogens is 194 g/mol. The van der Waals surface area contributed by atoms with Gasteiger partial charge in [-0.05, 0) is 38.0 Å². The van der Waals surface area contributed by atoms with Gasteiger partial charge in [-0.3, -0.25) is 0 Å². The van der Waals surface area contributed by atoms with Crippen LogP contribution in [-0.2, 0) is 0 Å². The fourth-order valence-electron chi connectivity index (χ4n) is 3.43. The van der Waals surface area contributed by atoms with Crippen LogP contribution >= 0.6 is 0 Å². The minimum absolute atomic E-state index is 0.841. The molecule has 0 saturated heterocycles. The molecule has 1 heteroatoms. The van der Waals surface area contributed by atoms with Crippen molar-refractivity contribution in [1.29, 1.82) is 0 Å². The smallest absolute Gasteiger partial charge is 0.00697 e. The van der Waals surface area contributed by atoms with Gasteiger partial charge in [0.05, 0.1) is 0 Å². The molecule has 2 rings (SSSR count). The Hall–Kier alpha value is -0.0400. The predicted octanol–water partition coefficient (Wildman–Crippen LogP) is 4.27. The minimum Gasteiger partial charge on any atom is -0.311 e. The van der Waals surface area contributed by atoms with Gasteiger partial charge in [-0.15, -0.1) is 0 Å². The molecule has 0 aromatic heterocycles. The van der Waals surface area contributed by atoms with E-state index in [0.717, 1.165) is 18.0 Å². The van der Waals surface area contributed by atoms with E-state index in [1.807, 2.05) is 0 Å². The second-order valence-corrected chi connectivity index (χ2v) is 6.17. The summed E-state index contributed by atoms with van der Waals surface area (Å²) in [5.74, 6) is 0.973. The lowest BCUT2D eigenvalue weighted by atomic mass is 10.0. The average molecular weight is 223 g/mol. The highest BCUT2D eigenvalue weighted by atomic mass is 14.9. The number of rotatable bonds is 2. The second-order valence-electron chi connectivity index (χ2n) is 6.17. The molecule has 0 heterocycles. The molecule has 0 amide bonds. The summed E-state index contributed by atoms with van der Waals surface area (Å²) in [6.07, 6.45) is 16.0. The Morgan fingerprint density at radius 1 is 0.625 bits per heavy atom. The Labute approximate surface area is 101 Å². The Kier molecular flexibility index (Phi) is 5.15. The van der Waals surface area contributed by atoms with Crippen molar-refractivity contribution in [3.05, 3.63) is 0 Å². The molecule has 0 radical (unpaired) electrons. The minimum atomic E-state index is 0.841. The fourth-order valence-corrected chi connectivity index (χ4v) is 3.43. The van der Waals surface area contributed by atoms with Crippen LogP contribution in [0.15, 0.2) is 0 Å². The van der Waals surface area contributed by atoms with Crippen LogP contribution in [0.4, 0.5) is 0 Å². The van der Waals surface area contributed by atoms with E-state index in [1.54, 1.807) is 0 Å². The summed E-state index contributed by atoms with van der Waals surface area (Å²) in [7, 11) is 0. The Bertz CT molecular complexity index is 182. The maximum atomic E-state index is 3.96. The van der Waals surface area contributed by atoms with Crippen LogP contribution in [0.1, 0.15) is 77.6 Å². The third kappa shape index (κ3) is 4.08. The third-order valence-electron chi connectivity index (χ3n) is 4.58. The van der Waals surface area contributed by atoms with Crippen LogP contribution in [-0.4, -0.2) is 12.1 Å². The standard InChI is InChI=1S/C15H29N/c1-13-7-6-10-15(12-11-13)16-14-8-4-2-3-5-9-14/h13-16H,2-12H2,1H3. The molecule has 1 N–H and O–H groups in total. The summed E-state index contributed by atoms with van der Waals surface area (Å²) in [6.45, 7) is 2.42. The SMILES string of the molecule is CC1CCCC(NC2CCCCCC2)CC1. The first kappa shape index (κ1) is 12.4. The molecule has 2 unspecified atom stereocenters. The molecule has 0 aliphatic heterocycles. The van der Waals surface area contributed by atoms with Gasteiger partial charge in [-0.25, -0.2) is 0 Å². The van der Waals surface area contributed by atoms with E-state index in [0.29, 0.717) is 0 Å². The Morgan fingerprint density at radius 2 is 1.25 bits per heavy atom. The number of hydrogen-bond donors (Lipinski definition) is 1. The summed E-state index contributed by atoms with van der Waals surface area (Å²) in [5.41, 5.74) is 0. The van der Waals surface area contributed by atoms with Crippen molar-refractivity contribution in [1.82, 2.24) is 5.32 Å². The van der Waals surface area contributed by atoms with Gasteiger partial charge in [0, 0.05) is 12.1 Å². The van der Waals surface area contributed by atoms with Crippen molar-refractivity contribution in [2.75, 3.05) is 0 Å². The highest BCUT2D eigenvalue weighted by Crippen LogP contribution is 2.24. The van der Waals surface area contributed by atoms with E-state index < -0.39 is 0 Å². The molecule has 2 saturated carbocycles. The lowest BCUT2D eigenvalue weighted by molar-refractivity contribution is 0.363. The van der Waals surface area contributed by atoms with Crippen molar-refractivity contribution in [3.63, 3.8) is 0 Å². The quantitative estimate of drug-likeness (QED) is 0.689. The summed E-state index contributed by atoms with van der Waals surface area (Å²) >= 11 is 0. The summed E-state index contributed by atoms with van der Waals surface area (Å²) in [6, 6.07) is 1.69. The summed E-state index contributed by atoms with van der Waals surface area (Å²) in [5, 5.41) is 3.96. The van der Waals surface area contributed by atoms with Gasteiger partial charge in [0.15, 0.2) is 0 Å². The third-order valence-corrected chi connectivity index (χ3v) is 4.58. The average Bonchev–Trinajstić information content (AvgIpc) is 2.63. The number of hydrogen-bond acceptors (Lipinski definition) is 1. The predicted molar refractivity (Wildman–Crippen MR) is 70.7 cm³/mol. The zero-order chi connectivity index (χ0) is 11.2. The van der Waals surface area contributed by atoms with Crippen molar-refractivity contribution < 1.29 is 0 Å². The zero-order valence-corrected chi connectivity index (χ0v) is 11.0. The van der Waals surface area contributed by atoms with E-state index in [9.17, 15) is 0 Å². The molecular formula is C15H29N. The monoisotopic (exact) mass is 223 g/mol. The van der Waals surface area contributed by atoms with Crippen molar-refractivity contribution in [3.8, 4) is 0 Å². The maximum absolute atomic E-state index is 3.96.